The molecule has 0 aliphatic carbocycles. The monoisotopic (exact) mass is 294 g/mol. The first kappa shape index (κ1) is 16.1. The fourth-order valence-corrected chi connectivity index (χ4v) is 2.40. The van der Waals surface area contributed by atoms with Gasteiger partial charge in [0.2, 0.25) is 0 Å². The smallest absolute Gasteiger partial charge is 0.161 e. The molecule has 1 aromatic rings. The maximum absolute atomic E-state index is 5.91. The van der Waals surface area contributed by atoms with Gasteiger partial charge in [0.15, 0.2) is 11.5 Å². The van der Waals surface area contributed by atoms with Crippen LogP contribution >= 0.6 is 0 Å². The van der Waals surface area contributed by atoms with Gasteiger partial charge in [0.05, 0.1) is 13.2 Å². The topological polar surface area (TPSA) is 43.0 Å². The molecule has 1 fully saturated rings. The second kappa shape index (κ2) is 8.22. The van der Waals surface area contributed by atoms with Crippen molar-refractivity contribution in [3.8, 4) is 11.5 Å². The second-order valence-electron chi connectivity index (χ2n) is 5.31. The summed E-state index contributed by atoms with van der Waals surface area (Å²) in [6.07, 6.45) is 0.121. The van der Waals surface area contributed by atoms with Crippen LogP contribution in [-0.2, 0) is 11.3 Å². The van der Waals surface area contributed by atoms with E-state index in [-0.39, 0.29) is 6.10 Å². The zero-order valence-electron chi connectivity index (χ0n) is 13.2. The van der Waals surface area contributed by atoms with Gasteiger partial charge in [-0.05, 0) is 38.7 Å². The van der Waals surface area contributed by atoms with E-state index in [0.29, 0.717) is 13.2 Å². The Hall–Kier alpha value is -1.30. The first-order chi connectivity index (χ1) is 10.2. The fourth-order valence-electron chi connectivity index (χ4n) is 2.40. The lowest BCUT2D eigenvalue weighted by atomic mass is 10.2. The molecule has 21 heavy (non-hydrogen) atoms. The van der Waals surface area contributed by atoms with E-state index in [4.69, 9.17) is 14.2 Å². The Balaban J connectivity index is 1.97. The molecule has 0 radical (unpaired) electrons. The van der Waals surface area contributed by atoms with Gasteiger partial charge in [0.1, 0.15) is 12.7 Å². The number of rotatable bonds is 7. The van der Waals surface area contributed by atoms with Crippen LogP contribution in [0.4, 0.5) is 0 Å². The summed E-state index contributed by atoms with van der Waals surface area (Å²) in [4.78, 5) is 2.26. The molecule has 0 aromatic heterocycles. The summed E-state index contributed by atoms with van der Waals surface area (Å²) in [6.45, 7) is 6.63. The number of hydrogen-bond acceptors (Lipinski definition) is 5. The zero-order valence-corrected chi connectivity index (χ0v) is 13.2. The lowest BCUT2D eigenvalue weighted by Crippen LogP contribution is -2.42. The van der Waals surface area contributed by atoms with Gasteiger partial charge in [0.25, 0.3) is 0 Å². The Morgan fingerprint density at radius 2 is 2.19 bits per heavy atom. The van der Waals surface area contributed by atoms with Crippen molar-refractivity contribution in [2.45, 2.75) is 19.6 Å². The van der Waals surface area contributed by atoms with Gasteiger partial charge in [0, 0.05) is 19.6 Å². The summed E-state index contributed by atoms with van der Waals surface area (Å²) < 4.78 is 17.3. The van der Waals surface area contributed by atoms with Gasteiger partial charge in [-0.15, -0.1) is 0 Å². The Morgan fingerprint density at radius 3 is 2.90 bits per heavy atom. The number of likely N-dealkylation sites (N-methyl/N-ethyl adjacent to an activating group) is 1. The van der Waals surface area contributed by atoms with E-state index in [2.05, 4.69) is 23.3 Å². The van der Waals surface area contributed by atoms with Crippen LogP contribution in [0.5, 0.6) is 11.5 Å². The Morgan fingerprint density at radius 1 is 1.33 bits per heavy atom. The van der Waals surface area contributed by atoms with Crippen molar-refractivity contribution in [1.82, 2.24) is 10.2 Å². The summed E-state index contributed by atoms with van der Waals surface area (Å²) in [6, 6.07) is 6.07. The van der Waals surface area contributed by atoms with E-state index in [1.165, 1.54) is 5.56 Å². The normalized spacial score (nSPS) is 19.5. The number of nitrogens with one attached hydrogen (secondary N) is 1. The van der Waals surface area contributed by atoms with Gasteiger partial charge in [-0.2, -0.15) is 0 Å². The molecule has 0 saturated carbocycles. The van der Waals surface area contributed by atoms with Gasteiger partial charge in [-0.1, -0.05) is 6.07 Å². The standard InChI is InChI=1S/C16H26N2O3/c1-4-19-16-9-13(10-17-2)5-6-15(16)21-12-14-11-18(3)7-8-20-14/h5-6,9,14,17H,4,7-8,10-12H2,1-3H3. The van der Waals surface area contributed by atoms with Crippen LogP contribution in [0.2, 0.25) is 0 Å². The molecule has 1 aromatic carbocycles. The molecular weight excluding hydrogens is 268 g/mol. The van der Waals surface area contributed by atoms with Crippen LogP contribution in [0.1, 0.15) is 12.5 Å². The zero-order chi connectivity index (χ0) is 15.1. The van der Waals surface area contributed by atoms with Crippen molar-refractivity contribution in [3.63, 3.8) is 0 Å². The summed E-state index contributed by atoms with van der Waals surface area (Å²) in [5, 5.41) is 3.14. The van der Waals surface area contributed by atoms with E-state index in [1.807, 2.05) is 26.1 Å². The molecule has 1 atom stereocenters. The summed E-state index contributed by atoms with van der Waals surface area (Å²) in [5.74, 6) is 1.59. The van der Waals surface area contributed by atoms with Gasteiger partial charge >= 0.3 is 0 Å². The molecule has 1 N–H and O–H groups in total. The molecular formula is C16H26N2O3. The molecule has 0 bridgehead atoms. The fraction of sp³-hybridized carbons (Fsp3) is 0.625. The quantitative estimate of drug-likeness (QED) is 0.826. The summed E-state index contributed by atoms with van der Waals surface area (Å²) in [5.41, 5.74) is 1.18. The van der Waals surface area contributed by atoms with E-state index in [9.17, 15) is 0 Å². The highest BCUT2D eigenvalue weighted by Crippen LogP contribution is 2.29. The van der Waals surface area contributed by atoms with Crippen LogP contribution in [0.3, 0.4) is 0 Å². The van der Waals surface area contributed by atoms with Crippen LogP contribution in [0.25, 0.3) is 0 Å². The number of benzene rings is 1. The van der Waals surface area contributed by atoms with E-state index in [0.717, 1.165) is 37.7 Å². The molecule has 5 nitrogen and oxygen atoms in total. The number of ether oxygens (including phenoxy) is 3. The van der Waals surface area contributed by atoms with Crippen LogP contribution in [-0.4, -0.2) is 58.0 Å². The molecule has 2 rings (SSSR count). The highest BCUT2D eigenvalue weighted by molar-refractivity contribution is 5.43. The number of hydrogen-bond donors (Lipinski definition) is 1. The average Bonchev–Trinajstić information content (AvgIpc) is 2.47. The predicted octanol–water partition coefficient (Wildman–Crippen LogP) is 1.51. The van der Waals surface area contributed by atoms with E-state index >= 15 is 0 Å². The van der Waals surface area contributed by atoms with Crippen molar-refractivity contribution in [2.24, 2.45) is 0 Å². The van der Waals surface area contributed by atoms with Crippen molar-refractivity contribution in [3.05, 3.63) is 23.8 Å². The SMILES string of the molecule is CCOc1cc(CNC)ccc1OCC1CN(C)CCO1. The predicted molar refractivity (Wildman–Crippen MR) is 83.1 cm³/mol. The molecule has 1 unspecified atom stereocenters. The lowest BCUT2D eigenvalue weighted by molar-refractivity contribution is -0.0406. The Labute approximate surface area is 127 Å². The van der Waals surface area contributed by atoms with Gasteiger partial charge in [-0.25, -0.2) is 0 Å². The van der Waals surface area contributed by atoms with Gasteiger partial charge in [-0.3, -0.25) is 0 Å². The minimum Gasteiger partial charge on any atom is -0.490 e. The molecule has 1 aliphatic rings. The van der Waals surface area contributed by atoms with Crippen molar-refractivity contribution >= 4 is 0 Å². The molecule has 5 heteroatoms. The minimum absolute atomic E-state index is 0.121. The number of morpholine rings is 1. The minimum atomic E-state index is 0.121. The summed E-state index contributed by atoms with van der Waals surface area (Å²) in [7, 11) is 4.04. The van der Waals surface area contributed by atoms with Crippen LogP contribution < -0.4 is 14.8 Å². The van der Waals surface area contributed by atoms with Crippen LogP contribution in [0.15, 0.2) is 18.2 Å². The first-order valence-corrected chi connectivity index (χ1v) is 7.56. The second-order valence-corrected chi connectivity index (χ2v) is 5.31. The molecule has 118 valence electrons. The van der Waals surface area contributed by atoms with E-state index in [1.54, 1.807) is 0 Å². The first-order valence-electron chi connectivity index (χ1n) is 7.56. The lowest BCUT2D eigenvalue weighted by Gasteiger charge is -2.30. The van der Waals surface area contributed by atoms with Crippen LogP contribution in [0, 0.1) is 0 Å². The van der Waals surface area contributed by atoms with Crippen molar-refractivity contribution in [1.29, 1.82) is 0 Å². The van der Waals surface area contributed by atoms with Crippen molar-refractivity contribution in [2.75, 3.05) is 47.0 Å². The third-order valence-corrected chi connectivity index (χ3v) is 3.46. The molecule has 1 heterocycles. The largest absolute Gasteiger partial charge is 0.490 e. The van der Waals surface area contributed by atoms with Gasteiger partial charge < -0.3 is 24.4 Å². The molecule has 1 saturated heterocycles. The van der Waals surface area contributed by atoms with Crippen molar-refractivity contribution < 1.29 is 14.2 Å². The Bertz CT molecular complexity index is 440. The highest BCUT2D eigenvalue weighted by Gasteiger charge is 2.19. The molecule has 1 aliphatic heterocycles. The number of nitrogens with zero attached hydrogens (tertiary/aromatic N) is 1. The molecule has 0 spiro atoms. The Kier molecular flexibility index (Phi) is 6.29. The average molecular weight is 294 g/mol. The summed E-state index contributed by atoms with van der Waals surface area (Å²) >= 11 is 0. The highest BCUT2D eigenvalue weighted by atomic mass is 16.5. The maximum atomic E-state index is 5.91. The molecule has 0 amide bonds. The third kappa shape index (κ3) is 4.88. The maximum Gasteiger partial charge on any atom is 0.161 e. The third-order valence-electron chi connectivity index (χ3n) is 3.46. The van der Waals surface area contributed by atoms with E-state index < -0.39 is 0 Å².